The van der Waals surface area contributed by atoms with Crippen LogP contribution in [0.2, 0.25) is 0 Å². The van der Waals surface area contributed by atoms with Crippen LogP contribution in [-0.4, -0.2) is 42.6 Å². The summed E-state index contributed by atoms with van der Waals surface area (Å²) < 4.78 is 26.9. The van der Waals surface area contributed by atoms with E-state index in [0.717, 1.165) is 5.39 Å². The topological polar surface area (TPSA) is 144 Å². The Morgan fingerprint density at radius 3 is 2.16 bits per heavy atom. The predicted octanol–water partition coefficient (Wildman–Crippen LogP) is 1.67. The molecule has 0 heterocycles. The van der Waals surface area contributed by atoms with Gasteiger partial charge in [0.1, 0.15) is 5.25 Å². The molecular weight excluding hydrogens is 432 g/mol. The van der Waals surface area contributed by atoms with E-state index in [1.165, 1.54) is 12.1 Å². The maximum absolute atomic E-state index is 13.5. The highest BCUT2D eigenvalue weighted by Gasteiger charge is 2.36. The molecule has 0 aromatic heterocycles. The number of carbonyl (C=O) groups excluding carboxylic acids is 2. The molecule has 0 saturated carbocycles. The predicted molar refractivity (Wildman–Crippen MR) is 118 cm³/mol. The number of fused-ring (bicyclic) bond motifs is 1. The Hall–Kier alpha value is -3.56. The molecule has 9 heteroatoms. The van der Waals surface area contributed by atoms with Gasteiger partial charge in [-0.15, -0.1) is 0 Å². The first-order valence-corrected chi connectivity index (χ1v) is 11.3. The number of carboxylic acids is 1. The number of sulfone groups is 1. The van der Waals surface area contributed by atoms with Gasteiger partial charge in [0.05, 0.1) is 17.4 Å². The summed E-state index contributed by atoms with van der Waals surface area (Å²) in [6.07, 6.45) is -0.872. The molecule has 8 nitrogen and oxygen atoms in total. The summed E-state index contributed by atoms with van der Waals surface area (Å²) in [5.74, 6) is -3.43. The molecular formula is C23H22N2O6S. The second-order valence-corrected chi connectivity index (χ2v) is 9.42. The number of rotatable bonds is 8. The largest absolute Gasteiger partial charge is 0.481 e. The summed E-state index contributed by atoms with van der Waals surface area (Å²) in [7, 11) is -4.21. The van der Waals surface area contributed by atoms with Gasteiger partial charge in [0.15, 0.2) is 9.84 Å². The van der Waals surface area contributed by atoms with Gasteiger partial charge in [-0.2, -0.15) is 0 Å². The van der Waals surface area contributed by atoms with Crippen LogP contribution in [0.25, 0.3) is 10.8 Å². The fourth-order valence-electron chi connectivity index (χ4n) is 3.26. The monoisotopic (exact) mass is 454 g/mol. The minimum absolute atomic E-state index is 0.0606. The number of hydrogen-bond donors (Lipinski definition) is 3. The van der Waals surface area contributed by atoms with Crippen LogP contribution in [0.4, 0.5) is 0 Å². The zero-order valence-electron chi connectivity index (χ0n) is 17.0. The third-order valence-electron chi connectivity index (χ3n) is 4.96. The molecule has 0 fully saturated rings. The summed E-state index contributed by atoms with van der Waals surface area (Å²) in [6.45, 7) is 0. The van der Waals surface area contributed by atoms with E-state index < -0.39 is 45.3 Å². The van der Waals surface area contributed by atoms with Gasteiger partial charge in [-0.05, 0) is 34.9 Å². The van der Waals surface area contributed by atoms with Crippen LogP contribution in [0.3, 0.4) is 0 Å². The van der Waals surface area contributed by atoms with Gasteiger partial charge in [0.25, 0.3) is 0 Å². The molecule has 0 aliphatic carbocycles. The number of hydrogen-bond acceptors (Lipinski definition) is 6. The van der Waals surface area contributed by atoms with Crippen molar-refractivity contribution in [2.45, 2.75) is 29.0 Å². The Morgan fingerprint density at radius 2 is 1.50 bits per heavy atom. The molecule has 1 unspecified atom stereocenters. The minimum atomic E-state index is -4.21. The van der Waals surface area contributed by atoms with Crippen LogP contribution in [0, 0.1) is 0 Å². The Labute approximate surface area is 185 Å². The van der Waals surface area contributed by atoms with Gasteiger partial charge in [-0.25, -0.2) is 8.42 Å². The van der Waals surface area contributed by atoms with E-state index in [9.17, 15) is 22.8 Å². The highest BCUT2D eigenvalue weighted by Crippen LogP contribution is 2.24. The maximum Gasteiger partial charge on any atom is 0.305 e. The summed E-state index contributed by atoms with van der Waals surface area (Å²) in [6, 6.07) is 18.8. The summed E-state index contributed by atoms with van der Waals surface area (Å²) in [4.78, 5) is 35.8. The molecule has 2 atom stereocenters. The van der Waals surface area contributed by atoms with E-state index in [2.05, 4.69) is 0 Å². The molecule has 166 valence electrons. The van der Waals surface area contributed by atoms with Crippen molar-refractivity contribution < 1.29 is 27.9 Å². The summed E-state index contributed by atoms with van der Waals surface area (Å²) in [5, 5.41) is 10.7. The van der Waals surface area contributed by atoms with Gasteiger partial charge in [-0.1, -0.05) is 60.7 Å². The highest BCUT2D eigenvalue weighted by molar-refractivity contribution is 7.92. The number of benzene rings is 3. The SMILES string of the molecule is N[C@@H](CC(=O)O)C(=O)NC(=O)C(Cc1ccccc1)S(=O)(=O)c1ccc2ccccc2c1. The average molecular weight is 455 g/mol. The molecule has 3 aromatic rings. The second kappa shape index (κ2) is 9.71. The van der Waals surface area contributed by atoms with Gasteiger partial charge >= 0.3 is 5.97 Å². The third-order valence-corrected chi connectivity index (χ3v) is 7.00. The molecule has 3 rings (SSSR count). The standard InChI is InChI=1S/C23H22N2O6S/c24-19(14-21(26)27)22(28)25-23(29)20(12-15-6-2-1-3-7-15)32(30,31)18-11-10-16-8-4-5-9-17(16)13-18/h1-11,13,19-20H,12,14,24H2,(H,26,27)(H,25,28,29)/t19-,20?/m0/s1. The quantitative estimate of drug-likeness (QED) is 0.470. The van der Waals surface area contributed by atoms with E-state index >= 15 is 0 Å². The molecule has 3 aromatic carbocycles. The van der Waals surface area contributed by atoms with Crippen LogP contribution in [0.5, 0.6) is 0 Å². The van der Waals surface area contributed by atoms with E-state index in [0.29, 0.717) is 10.9 Å². The van der Waals surface area contributed by atoms with Crippen molar-refractivity contribution in [3.63, 3.8) is 0 Å². The smallest absolute Gasteiger partial charge is 0.305 e. The first-order chi connectivity index (χ1) is 15.2. The molecule has 0 spiro atoms. The lowest BCUT2D eigenvalue weighted by atomic mass is 10.1. The Balaban J connectivity index is 1.96. The summed E-state index contributed by atoms with van der Waals surface area (Å²) in [5.41, 5.74) is 6.09. The van der Waals surface area contributed by atoms with Crippen LogP contribution in [0.1, 0.15) is 12.0 Å². The number of carbonyl (C=O) groups is 3. The molecule has 0 saturated heterocycles. The fraction of sp³-hybridized carbons (Fsp3) is 0.174. The Kier molecular flexibility index (Phi) is 7.01. The van der Waals surface area contributed by atoms with E-state index in [1.54, 1.807) is 48.5 Å². The number of imide groups is 1. The van der Waals surface area contributed by atoms with Crippen molar-refractivity contribution in [3.05, 3.63) is 78.4 Å². The first kappa shape index (κ1) is 23.1. The Bertz CT molecular complexity index is 1260. The van der Waals surface area contributed by atoms with Crippen LogP contribution < -0.4 is 11.1 Å². The Morgan fingerprint density at radius 1 is 0.875 bits per heavy atom. The molecule has 0 aliphatic heterocycles. The third kappa shape index (κ3) is 5.37. The molecule has 0 bridgehead atoms. The molecule has 0 aliphatic rings. The number of carboxylic acid groups (broad SMARTS) is 1. The minimum Gasteiger partial charge on any atom is -0.481 e. The van der Waals surface area contributed by atoms with Crippen molar-refractivity contribution >= 4 is 38.4 Å². The maximum atomic E-state index is 13.5. The van der Waals surface area contributed by atoms with Gasteiger partial charge in [-0.3, -0.25) is 19.7 Å². The average Bonchev–Trinajstić information content (AvgIpc) is 2.77. The fourth-order valence-corrected chi connectivity index (χ4v) is 4.89. The van der Waals surface area contributed by atoms with Gasteiger partial charge in [0, 0.05) is 0 Å². The van der Waals surface area contributed by atoms with Crippen molar-refractivity contribution in [3.8, 4) is 0 Å². The van der Waals surface area contributed by atoms with Gasteiger partial charge < -0.3 is 10.8 Å². The normalized spacial score (nSPS) is 13.3. The van der Waals surface area contributed by atoms with Crippen molar-refractivity contribution in [2.24, 2.45) is 5.73 Å². The lowest BCUT2D eigenvalue weighted by Crippen LogP contribution is -2.50. The van der Waals surface area contributed by atoms with Crippen LogP contribution in [0.15, 0.2) is 77.7 Å². The lowest BCUT2D eigenvalue weighted by Gasteiger charge is -2.19. The second-order valence-electron chi connectivity index (χ2n) is 7.29. The molecule has 2 amide bonds. The molecule has 32 heavy (non-hydrogen) atoms. The zero-order chi connectivity index (χ0) is 23.3. The summed E-state index contributed by atoms with van der Waals surface area (Å²) >= 11 is 0. The van der Waals surface area contributed by atoms with Crippen molar-refractivity contribution in [1.29, 1.82) is 0 Å². The van der Waals surface area contributed by atoms with E-state index in [1.807, 2.05) is 17.4 Å². The van der Waals surface area contributed by atoms with Gasteiger partial charge in [0.2, 0.25) is 11.8 Å². The molecule has 0 radical (unpaired) electrons. The first-order valence-electron chi connectivity index (χ1n) is 9.77. The van der Waals surface area contributed by atoms with Crippen molar-refractivity contribution in [2.75, 3.05) is 0 Å². The lowest BCUT2D eigenvalue weighted by molar-refractivity contribution is -0.140. The number of nitrogens with two attached hydrogens (primary N) is 1. The van der Waals surface area contributed by atoms with Crippen molar-refractivity contribution in [1.82, 2.24) is 5.32 Å². The van der Waals surface area contributed by atoms with Crippen LogP contribution in [-0.2, 0) is 30.6 Å². The van der Waals surface area contributed by atoms with E-state index in [4.69, 9.17) is 10.8 Å². The van der Waals surface area contributed by atoms with E-state index in [-0.39, 0.29) is 11.3 Å². The number of amides is 2. The zero-order valence-corrected chi connectivity index (χ0v) is 17.8. The van der Waals surface area contributed by atoms with Crippen LogP contribution >= 0.6 is 0 Å². The highest BCUT2D eigenvalue weighted by atomic mass is 32.2. The molecule has 4 N–H and O–H groups in total. The number of aliphatic carboxylic acids is 1. The number of nitrogens with one attached hydrogen (secondary N) is 1.